The van der Waals surface area contributed by atoms with E-state index in [1.165, 1.54) is 12.5 Å². The second-order valence-corrected chi connectivity index (χ2v) is 2.01. The summed E-state index contributed by atoms with van der Waals surface area (Å²) in [6.45, 7) is 0. The molecule has 0 amide bonds. The van der Waals surface area contributed by atoms with Crippen LogP contribution in [0.4, 0.5) is 0 Å². The lowest BCUT2D eigenvalue weighted by Gasteiger charge is -1.69. The quantitative estimate of drug-likeness (QED) is 0.509. The van der Waals surface area contributed by atoms with E-state index in [0.29, 0.717) is 0 Å². The molecule has 0 bridgehead atoms. The van der Waals surface area contributed by atoms with Gasteiger partial charge in [-0.1, -0.05) is 0 Å². The van der Waals surface area contributed by atoms with Crippen LogP contribution in [-0.4, -0.2) is 18.8 Å². The Bertz CT molecular complexity index is 289. The Kier molecular flexibility index (Phi) is 1.64. The van der Waals surface area contributed by atoms with E-state index in [2.05, 4.69) is 9.40 Å². The molecule has 0 N–H and O–H groups in total. The molecule has 0 aliphatic carbocycles. The van der Waals surface area contributed by atoms with E-state index in [4.69, 9.17) is 0 Å². The fourth-order valence-corrected chi connectivity index (χ4v) is 0.656. The van der Waals surface area contributed by atoms with Crippen molar-refractivity contribution < 1.29 is 12.8 Å². The van der Waals surface area contributed by atoms with Crippen LogP contribution >= 0.6 is 0 Å². The van der Waals surface area contributed by atoms with Gasteiger partial charge in [-0.3, -0.25) is 0 Å². The van der Waals surface area contributed by atoms with Crippen LogP contribution in [0, 0.1) is 0 Å². The molecule has 0 fully saturated rings. The van der Waals surface area contributed by atoms with Crippen LogP contribution in [0.15, 0.2) is 16.9 Å². The predicted molar refractivity (Wildman–Crippen MR) is 30.6 cm³/mol. The van der Waals surface area contributed by atoms with Gasteiger partial charge in [-0.2, -0.15) is 8.42 Å². The predicted octanol–water partition coefficient (Wildman–Crippen LogP) is -0.296. The average molecular weight is 145 g/mol. The van der Waals surface area contributed by atoms with Gasteiger partial charge in [-0.15, -0.1) is 0 Å². The summed E-state index contributed by atoms with van der Waals surface area (Å²) >= 11 is 0. The van der Waals surface area contributed by atoms with Crippen LogP contribution in [0.5, 0.6) is 0 Å². The molecule has 0 aromatic carbocycles. The number of rotatable bonds is 1. The van der Waals surface area contributed by atoms with Crippen molar-refractivity contribution in [3.05, 3.63) is 18.4 Å². The van der Waals surface area contributed by atoms with Crippen LogP contribution < -0.4 is 0 Å². The summed E-state index contributed by atoms with van der Waals surface area (Å²) in [7, 11) is -2.23. The summed E-state index contributed by atoms with van der Waals surface area (Å²) in [6, 6.07) is 0. The van der Waals surface area contributed by atoms with E-state index < -0.39 is 10.3 Å². The molecule has 1 rings (SSSR count). The van der Waals surface area contributed by atoms with Gasteiger partial charge in [0.25, 0.3) is 0 Å². The zero-order valence-corrected chi connectivity index (χ0v) is 5.13. The first-order valence-corrected chi connectivity index (χ1v) is 3.25. The van der Waals surface area contributed by atoms with E-state index >= 15 is 0 Å². The van der Waals surface area contributed by atoms with E-state index in [-0.39, 0.29) is 5.89 Å². The van der Waals surface area contributed by atoms with Crippen molar-refractivity contribution in [1.82, 2.24) is 4.98 Å². The molecule has 0 aliphatic rings. The highest BCUT2D eigenvalue weighted by atomic mass is 32.2. The average Bonchev–Trinajstić information content (AvgIpc) is 2.15. The summed E-state index contributed by atoms with van der Waals surface area (Å²) in [6.07, 6.45) is 2.68. The van der Waals surface area contributed by atoms with Crippen LogP contribution in [0.3, 0.4) is 0 Å². The molecule has 9 heavy (non-hydrogen) atoms. The second kappa shape index (κ2) is 2.45. The molecule has 1 aromatic heterocycles. The fraction of sp³-hybridized carbons (Fsp3) is 0. The lowest BCUT2D eigenvalue weighted by atomic mass is 10.8. The molecular formula is C4H3NO3S. The lowest BCUT2D eigenvalue weighted by Crippen LogP contribution is -1.78. The normalized spacial score (nSPS) is 8.89. The van der Waals surface area contributed by atoms with Crippen molar-refractivity contribution in [3.8, 4) is 0 Å². The van der Waals surface area contributed by atoms with Crippen LogP contribution in [0.25, 0.3) is 0 Å². The molecule has 0 spiro atoms. The Morgan fingerprint density at radius 3 is 2.89 bits per heavy atom. The largest absolute Gasteiger partial charge is 0.444 e. The summed E-state index contributed by atoms with van der Waals surface area (Å²) in [5.41, 5.74) is 0. The Labute approximate surface area is 52.7 Å². The Morgan fingerprint density at radius 1 is 1.67 bits per heavy atom. The number of hydrogen-bond acceptors (Lipinski definition) is 4. The maximum absolute atomic E-state index is 9.91. The summed E-state index contributed by atoms with van der Waals surface area (Å²) in [4.78, 5) is 3.54. The van der Waals surface area contributed by atoms with Gasteiger partial charge in [0.15, 0.2) is 0 Å². The van der Waals surface area contributed by atoms with Crippen molar-refractivity contribution in [1.29, 1.82) is 0 Å². The smallest absolute Gasteiger partial charge is 0.234 e. The minimum Gasteiger partial charge on any atom is -0.444 e. The topological polar surface area (TPSA) is 60.2 Å². The Morgan fingerprint density at radius 2 is 2.44 bits per heavy atom. The number of nitrogens with zero attached hydrogens (tertiary/aromatic N) is 1. The monoisotopic (exact) mass is 145 g/mol. The third kappa shape index (κ3) is 1.69. The molecule has 0 saturated carbocycles. The van der Waals surface area contributed by atoms with Crippen LogP contribution in [-0.2, 0) is 10.3 Å². The molecule has 0 unspecified atom stereocenters. The van der Waals surface area contributed by atoms with Gasteiger partial charge < -0.3 is 4.42 Å². The van der Waals surface area contributed by atoms with Gasteiger partial charge in [0, 0.05) is 0 Å². The van der Waals surface area contributed by atoms with Crippen molar-refractivity contribution in [2.75, 3.05) is 0 Å². The third-order valence-electron chi connectivity index (χ3n) is 0.648. The highest BCUT2D eigenvalue weighted by Crippen LogP contribution is 1.86. The lowest BCUT2D eigenvalue weighted by molar-refractivity contribution is 0.551. The number of aromatic nitrogens is 1. The van der Waals surface area contributed by atoms with Gasteiger partial charge in [-0.25, -0.2) is 4.98 Å². The first kappa shape index (κ1) is 6.03. The standard InChI is InChI=1S/C4H3NO3S/c6-9(7)3-4-5-1-2-8-4/h1-3H. The van der Waals surface area contributed by atoms with Gasteiger partial charge in [0.1, 0.15) is 11.6 Å². The van der Waals surface area contributed by atoms with Gasteiger partial charge in [0.2, 0.25) is 16.2 Å². The fourth-order valence-electron chi connectivity index (χ4n) is 0.375. The Balaban J connectivity index is 3.07. The maximum atomic E-state index is 9.91. The van der Waals surface area contributed by atoms with Crippen LogP contribution in [0.1, 0.15) is 5.89 Å². The highest BCUT2D eigenvalue weighted by molar-refractivity contribution is 7.71. The number of hydrogen-bond donors (Lipinski definition) is 0. The van der Waals surface area contributed by atoms with Gasteiger partial charge in [-0.05, 0) is 0 Å². The molecule has 4 nitrogen and oxygen atoms in total. The molecule has 0 aliphatic heterocycles. The van der Waals surface area contributed by atoms with E-state index in [1.807, 2.05) is 0 Å². The summed E-state index contributed by atoms with van der Waals surface area (Å²) in [5, 5.41) is 0.889. The first-order valence-electron chi connectivity index (χ1n) is 2.11. The molecule has 0 atom stereocenters. The number of oxazole rings is 1. The minimum atomic E-state index is -2.23. The maximum Gasteiger partial charge on any atom is 0.234 e. The van der Waals surface area contributed by atoms with Crippen molar-refractivity contribution in [2.24, 2.45) is 0 Å². The minimum absolute atomic E-state index is 0.100. The summed E-state index contributed by atoms with van der Waals surface area (Å²) in [5.74, 6) is 0.100. The second-order valence-electron chi connectivity index (χ2n) is 1.25. The molecule has 48 valence electrons. The van der Waals surface area contributed by atoms with E-state index in [0.717, 1.165) is 5.37 Å². The molecule has 0 radical (unpaired) electrons. The molecule has 0 saturated heterocycles. The molecule has 1 heterocycles. The third-order valence-corrected chi connectivity index (χ3v) is 1.04. The highest BCUT2D eigenvalue weighted by Gasteiger charge is 1.88. The van der Waals surface area contributed by atoms with E-state index in [9.17, 15) is 8.42 Å². The van der Waals surface area contributed by atoms with Gasteiger partial charge in [0.05, 0.1) is 6.20 Å². The summed E-state index contributed by atoms with van der Waals surface area (Å²) < 4.78 is 24.4. The molecule has 5 heteroatoms. The van der Waals surface area contributed by atoms with Crippen LogP contribution in [0.2, 0.25) is 0 Å². The molecular weight excluding hydrogens is 142 g/mol. The zero-order chi connectivity index (χ0) is 6.69. The SMILES string of the molecule is O=S(=O)=Cc1ncco1. The Hall–Kier alpha value is -1.10. The van der Waals surface area contributed by atoms with Crippen molar-refractivity contribution in [2.45, 2.75) is 0 Å². The zero-order valence-electron chi connectivity index (χ0n) is 4.31. The molecule has 1 aromatic rings. The van der Waals surface area contributed by atoms with Gasteiger partial charge >= 0.3 is 0 Å². The first-order chi connectivity index (χ1) is 4.29. The van der Waals surface area contributed by atoms with E-state index in [1.54, 1.807) is 0 Å². The van der Waals surface area contributed by atoms with Crippen molar-refractivity contribution >= 4 is 15.7 Å². The van der Waals surface area contributed by atoms with Crippen molar-refractivity contribution in [3.63, 3.8) is 0 Å².